The second kappa shape index (κ2) is 17.0. The molecule has 0 aromatic heterocycles. The highest BCUT2D eigenvalue weighted by Crippen LogP contribution is 2.47. The average molecular weight is 753 g/mol. The van der Waals surface area contributed by atoms with E-state index in [0.29, 0.717) is 25.2 Å². The first kappa shape index (κ1) is 40.6. The summed E-state index contributed by atoms with van der Waals surface area (Å²) in [4.78, 5) is 28.8. The number of aliphatic hydroxyl groups excluding tert-OH is 1. The lowest BCUT2D eigenvalue weighted by Crippen LogP contribution is -2.16. The Bertz CT molecular complexity index is 2210. The first-order valence-corrected chi connectivity index (χ1v) is 20.5. The van der Waals surface area contributed by atoms with Gasteiger partial charge in [0.1, 0.15) is 12.4 Å². The van der Waals surface area contributed by atoms with Crippen LogP contribution in [0.4, 0.5) is 0 Å². The molecular weight excluding hydrogens is 693 g/mol. The maximum atomic E-state index is 13.3. The summed E-state index contributed by atoms with van der Waals surface area (Å²) in [6.45, 7) is 25.7. The molecular formula is C49H60N4O3. The summed E-state index contributed by atoms with van der Waals surface area (Å²) in [5.74, 6) is 0.165. The van der Waals surface area contributed by atoms with Crippen LogP contribution in [0.2, 0.25) is 0 Å². The molecule has 294 valence electrons. The lowest BCUT2D eigenvalue weighted by atomic mass is 9.85. The Balaban J connectivity index is 1.28. The molecule has 5 aliphatic heterocycles. The largest absolute Gasteiger partial charge is 0.511 e. The van der Waals surface area contributed by atoms with Gasteiger partial charge in [-0.2, -0.15) is 0 Å². The lowest BCUT2D eigenvalue weighted by Gasteiger charge is -2.18. The number of hydrogen-bond donors (Lipinski definition) is 2. The minimum Gasteiger partial charge on any atom is -0.511 e. The number of rotatable bonds is 13. The Morgan fingerprint density at radius 2 is 1.61 bits per heavy atom. The van der Waals surface area contributed by atoms with Crippen molar-refractivity contribution < 1.29 is 14.6 Å². The van der Waals surface area contributed by atoms with Gasteiger partial charge in [0, 0.05) is 52.8 Å². The Kier molecular flexibility index (Phi) is 12.3. The molecule has 1 aliphatic carbocycles. The van der Waals surface area contributed by atoms with Crippen molar-refractivity contribution in [2.75, 3.05) is 6.61 Å². The molecule has 6 aliphatic rings. The summed E-state index contributed by atoms with van der Waals surface area (Å²) in [6, 6.07) is 0. The minimum absolute atomic E-state index is 0.0160. The van der Waals surface area contributed by atoms with E-state index in [1.54, 1.807) is 0 Å². The van der Waals surface area contributed by atoms with Gasteiger partial charge in [0.05, 0.1) is 34.2 Å². The predicted molar refractivity (Wildman–Crippen MR) is 232 cm³/mol. The van der Waals surface area contributed by atoms with Crippen LogP contribution in [-0.4, -0.2) is 34.8 Å². The highest BCUT2D eigenvalue weighted by Gasteiger charge is 2.42. The molecule has 1 saturated heterocycles. The van der Waals surface area contributed by atoms with Gasteiger partial charge in [-0.25, -0.2) is 15.0 Å². The second-order valence-corrected chi connectivity index (χ2v) is 16.1. The standard InChI is InChI=1S/C49H60N4O3/c1-12-27(4)17-15-18-28(5)19-16-20-29(6)26-56-44(55)22-21-37-32(9)47-34(11)46-31(8)36(14-3)42(52-46)24-39-30(7)35(13-2)41(50-39)25-40-33(10)45-43(54)23-38(48(37)53-47)49(45)51-40/h12,14,18,20,24-25,32,37,53-54H,3,13,15-17,19,21-23,26H2,1-2,4-11H3/b27-12+,28-18+,29-20-,41-25?,42-24?,47-34?,48-38?. The molecule has 0 saturated carbocycles. The molecule has 0 amide bonds. The fraction of sp³-hybridized carbons (Fsp3) is 0.429. The zero-order chi connectivity index (χ0) is 40.4. The molecule has 0 aromatic carbocycles. The predicted octanol–water partition coefficient (Wildman–Crippen LogP) is 12.0. The van der Waals surface area contributed by atoms with Gasteiger partial charge >= 0.3 is 5.97 Å². The SMILES string of the molecule is C=CC1=C(C)C2=NC1=CC1=NC(=CC3=C(C)C4=C(O)CC(=C5NC(=C2C)C(C)C5CCC(=O)OC/C(C)=C\CC/C(C)=C/CC/C(C)=C/C)C4=N3)C(CC)=C1C. The van der Waals surface area contributed by atoms with Gasteiger partial charge in [0.2, 0.25) is 0 Å². The van der Waals surface area contributed by atoms with Crippen LogP contribution in [0, 0.1) is 11.8 Å². The molecule has 2 unspecified atom stereocenters. The molecule has 6 rings (SSSR count). The van der Waals surface area contributed by atoms with Crippen molar-refractivity contribution in [1.82, 2.24) is 5.32 Å². The third-order valence-corrected chi connectivity index (χ3v) is 12.4. The maximum Gasteiger partial charge on any atom is 0.306 e. The summed E-state index contributed by atoms with van der Waals surface area (Å²) in [5.41, 5.74) is 19.3. The summed E-state index contributed by atoms with van der Waals surface area (Å²) in [6.07, 6.45) is 19.0. The fourth-order valence-corrected chi connectivity index (χ4v) is 8.75. The maximum absolute atomic E-state index is 13.3. The number of hydrogen-bond acceptors (Lipinski definition) is 7. The summed E-state index contributed by atoms with van der Waals surface area (Å²) >= 11 is 0. The van der Waals surface area contributed by atoms with E-state index in [4.69, 9.17) is 19.7 Å². The molecule has 0 aromatic rings. The number of aliphatic imine (C=N–C) groups is 3. The number of carbonyl (C=O) groups is 1. The summed E-state index contributed by atoms with van der Waals surface area (Å²) < 4.78 is 5.82. The van der Waals surface area contributed by atoms with E-state index >= 15 is 0 Å². The van der Waals surface area contributed by atoms with Crippen LogP contribution >= 0.6 is 0 Å². The Labute approximate surface area is 334 Å². The Hall–Kier alpha value is -5.04. The molecule has 8 bridgehead atoms. The molecule has 56 heavy (non-hydrogen) atoms. The zero-order valence-electron chi connectivity index (χ0n) is 35.3. The molecule has 2 N–H and O–H groups in total. The number of carbonyl (C=O) groups excluding carboxylic acids is 1. The van der Waals surface area contributed by atoms with E-state index in [2.05, 4.69) is 97.7 Å². The first-order valence-electron chi connectivity index (χ1n) is 20.5. The van der Waals surface area contributed by atoms with Crippen LogP contribution in [0.5, 0.6) is 0 Å². The van der Waals surface area contributed by atoms with Gasteiger partial charge in [-0.1, -0.05) is 55.9 Å². The van der Waals surface area contributed by atoms with Crippen molar-refractivity contribution in [1.29, 1.82) is 0 Å². The third kappa shape index (κ3) is 7.96. The van der Waals surface area contributed by atoms with E-state index in [9.17, 15) is 9.90 Å². The molecule has 0 radical (unpaired) electrons. The van der Waals surface area contributed by atoms with Crippen molar-refractivity contribution in [2.45, 2.75) is 121 Å². The lowest BCUT2D eigenvalue weighted by molar-refractivity contribution is -0.143. The number of nitrogens with zero attached hydrogens (tertiary/aromatic N) is 3. The van der Waals surface area contributed by atoms with Crippen LogP contribution in [0.15, 0.2) is 154 Å². The molecule has 5 heterocycles. The van der Waals surface area contributed by atoms with Crippen molar-refractivity contribution in [3.05, 3.63) is 139 Å². The number of nitrogens with one attached hydrogen (secondary N) is 1. The monoisotopic (exact) mass is 752 g/mol. The first-order chi connectivity index (χ1) is 26.8. The fourth-order valence-electron chi connectivity index (χ4n) is 8.75. The van der Waals surface area contributed by atoms with Crippen LogP contribution in [-0.2, 0) is 9.53 Å². The number of aliphatic hydroxyl groups is 1. The van der Waals surface area contributed by atoms with Gasteiger partial charge in [0.25, 0.3) is 0 Å². The number of allylic oxidation sites excluding steroid dienone is 17. The third-order valence-electron chi connectivity index (χ3n) is 12.4. The topological polar surface area (TPSA) is 95.6 Å². The quantitative estimate of drug-likeness (QED) is 0.145. The van der Waals surface area contributed by atoms with Gasteiger partial charge in [0.15, 0.2) is 0 Å². The highest BCUT2D eigenvalue weighted by atomic mass is 16.5. The van der Waals surface area contributed by atoms with E-state index in [-0.39, 0.29) is 24.2 Å². The van der Waals surface area contributed by atoms with Crippen LogP contribution in [0.3, 0.4) is 0 Å². The normalized spacial score (nSPS) is 22.7. The van der Waals surface area contributed by atoms with Crippen molar-refractivity contribution in [2.24, 2.45) is 26.8 Å². The number of esters is 1. The van der Waals surface area contributed by atoms with E-state index in [1.165, 1.54) is 16.7 Å². The Morgan fingerprint density at radius 3 is 2.30 bits per heavy atom. The van der Waals surface area contributed by atoms with Crippen molar-refractivity contribution >= 4 is 23.1 Å². The van der Waals surface area contributed by atoms with Gasteiger partial charge in [-0.05, 0) is 140 Å². The van der Waals surface area contributed by atoms with E-state index < -0.39 is 0 Å². The van der Waals surface area contributed by atoms with E-state index in [0.717, 1.165) is 122 Å². The molecule has 1 fully saturated rings. The van der Waals surface area contributed by atoms with Crippen LogP contribution in [0.25, 0.3) is 0 Å². The van der Waals surface area contributed by atoms with Gasteiger partial charge in [-0.15, -0.1) is 0 Å². The van der Waals surface area contributed by atoms with E-state index in [1.807, 2.05) is 19.9 Å². The average Bonchev–Trinajstić information content (AvgIpc) is 3.94. The summed E-state index contributed by atoms with van der Waals surface area (Å²) in [5, 5.41) is 15.3. The van der Waals surface area contributed by atoms with Crippen molar-refractivity contribution in [3.63, 3.8) is 0 Å². The second-order valence-electron chi connectivity index (χ2n) is 16.1. The number of ether oxygens (including phenoxy) is 1. The zero-order valence-corrected chi connectivity index (χ0v) is 35.3. The Morgan fingerprint density at radius 1 is 0.893 bits per heavy atom. The molecule has 2 atom stereocenters. The molecule has 0 spiro atoms. The number of fused-ring (bicyclic) bond motifs is 5. The van der Waals surface area contributed by atoms with Gasteiger partial charge in [-0.3, -0.25) is 4.79 Å². The van der Waals surface area contributed by atoms with Crippen LogP contribution in [0.1, 0.15) is 121 Å². The minimum atomic E-state index is -0.203. The van der Waals surface area contributed by atoms with Crippen LogP contribution < -0.4 is 5.32 Å². The molecule has 7 nitrogen and oxygen atoms in total. The molecule has 7 heteroatoms. The summed E-state index contributed by atoms with van der Waals surface area (Å²) in [7, 11) is 0. The van der Waals surface area contributed by atoms with Crippen molar-refractivity contribution in [3.8, 4) is 0 Å². The highest BCUT2D eigenvalue weighted by molar-refractivity contribution is 6.21. The van der Waals surface area contributed by atoms with Gasteiger partial charge < -0.3 is 15.2 Å². The smallest absolute Gasteiger partial charge is 0.306 e.